The molecule has 0 spiro atoms. The highest BCUT2D eigenvalue weighted by Gasteiger charge is 2.19. The van der Waals surface area contributed by atoms with Crippen molar-refractivity contribution in [3.63, 3.8) is 0 Å². The quantitative estimate of drug-likeness (QED) is 0.678. The van der Waals surface area contributed by atoms with Crippen LogP contribution >= 0.6 is 22.9 Å². The van der Waals surface area contributed by atoms with E-state index in [0.717, 1.165) is 27.8 Å². The summed E-state index contributed by atoms with van der Waals surface area (Å²) < 4.78 is 2.02. The molecule has 96 valence electrons. The van der Waals surface area contributed by atoms with Gasteiger partial charge in [-0.15, -0.1) is 5.10 Å². The van der Waals surface area contributed by atoms with E-state index in [1.54, 1.807) is 11.3 Å². The Bertz CT molecular complexity index is 759. The van der Waals surface area contributed by atoms with Gasteiger partial charge in [0.2, 0.25) is 4.96 Å². The summed E-state index contributed by atoms with van der Waals surface area (Å²) in [5, 5.41) is 5.37. The van der Waals surface area contributed by atoms with Crippen molar-refractivity contribution in [3.05, 3.63) is 39.9 Å². The Kier molecular flexibility index (Phi) is 2.60. The summed E-state index contributed by atoms with van der Waals surface area (Å²) >= 11 is 7.80. The third-order valence-corrected chi connectivity index (χ3v) is 4.89. The van der Waals surface area contributed by atoms with Gasteiger partial charge >= 0.3 is 0 Å². The third-order valence-electron chi connectivity index (χ3n) is 3.52. The Morgan fingerprint density at radius 3 is 3.00 bits per heavy atom. The number of hydrogen-bond acceptors (Lipinski definition) is 3. The second-order valence-corrected chi connectivity index (χ2v) is 6.32. The molecule has 0 atom stereocenters. The van der Waals surface area contributed by atoms with E-state index in [4.69, 9.17) is 11.6 Å². The van der Waals surface area contributed by atoms with E-state index >= 15 is 0 Å². The first-order chi connectivity index (χ1) is 9.31. The van der Waals surface area contributed by atoms with Gasteiger partial charge in [-0.3, -0.25) is 0 Å². The van der Waals surface area contributed by atoms with Crippen molar-refractivity contribution in [2.45, 2.75) is 25.7 Å². The molecule has 4 rings (SSSR count). The molecule has 3 nitrogen and oxygen atoms in total. The standard InChI is InChI=1S/C14H12ClN3S/c15-10-5-3-4-9(8-10)13-16-14-18(17-13)11-6-1-2-7-12(11)19-14/h3-5,8H,1-2,6-7H2. The van der Waals surface area contributed by atoms with E-state index in [-0.39, 0.29) is 0 Å². The van der Waals surface area contributed by atoms with Gasteiger partial charge in [-0.05, 0) is 37.8 Å². The van der Waals surface area contributed by atoms with Gasteiger partial charge in [0.15, 0.2) is 5.82 Å². The van der Waals surface area contributed by atoms with Crippen LogP contribution in [0.5, 0.6) is 0 Å². The molecule has 19 heavy (non-hydrogen) atoms. The highest BCUT2D eigenvalue weighted by Crippen LogP contribution is 2.30. The lowest BCUT2D eigenvalue weighted by Gasteiger charge is -2.09. The highest BCUT2D eigenvalue weighted by molar-refractivity contribution is 7.17. The molecule has 0 N–H and O–H groups in total. The Hall–Kier alpha value is -1.39. The van der Waals surface area contributed by atoms with Crippen molar-refractivity contribution >= 4 is 27.9 Å². The largest absolute Gasteiger partial charge is 0.212 e. The molecule has 0 amide bonds. The maximum absolute atomic E-state index is 6.02. The number of aryl methyl sites for hydroxylation is 2. The van der Waals surface area contributed by atoms with Crippen LogP contribution in [-0.2, 0) is 12.8 Å². The Labute approximate surface area is 119 Å². The van der Waals surface area contributed by atoms with Gasteiger partial charge in [0, 0.05) is 15.5 Å². The lowest BCUT2D eigenvalue weighted by Crippen LogP contribution is -2.03. The first-order valence-electron chi connectivity index (χ1n) is 6.44. The fraction of sp³-hybridized carbons (Fsp3) is 0.286. The molecule has 5 heteroatoms. The zero-order valence-electron chi connectivity index (χ0n) is 10.3. The first kappa shape index (κ1) is 11.4. The average molecular weight is 290 g/mol. The second kappa shape index (κ2) is 4.32. The van der Waals surface area contributed by atoms with E-state index in [1.807, 2.05) is 28.8 Å². The van der Waals surface area contributed by atoms with E-state index in [9.17, 15) is 0 Å². The van der Waals surface area contributed by atoms with Crippen LogP contribution in [0.15, 0.2) is 24.3 Å². The van der Waals surface area contributed by atoms with Gasteiger partial charge in [-0.25, -0.2) is 4.52 Å². The molecule has 1 aliphatic carbocycles. The van der Waals surface area contributed by atoms with Crippen molar-refractivity contribution in [3.8, 4) is 11.4 Å². The molecule has 0 bridgehead atoms. The number of hydrogen-bond donors (Lipinski definition) is 0. The second-order valence-electron chi connectivity index (χ2n) is 4.82. The molecule has 0 fully saturated rings. The molecule has 0 saturated carbocycles. The summed E-state index contributed by atoms with van der Waals surface area (Å²) in [6, 6.07) is 7.71. The monoisotopic (exact) mass is 289 g/mol. The van der Waals surface area contributed by atoms with Gasteiger partial charge < -0.3 is 0 Å². The zero-order chi connectivity index (χ0) is 12.8. The van der Waals surface area contributed by atoms with E-state index in [1.165, 1.54) is 29.8 Å². The number of halogens is 1. The van der Waals surface area contributed by atoms with Crippen LogP contribution in [0, 0.1) is 0 Å². The molecule has 0 unspecified atom stereocenters. The maximum atomic E-state index is 6.02. The van der Waals surface area contributed by atoms with Crippen LogP contribution in [0.3, 0.4) is 0 Å². The number of benzene rings is 1. The maximum Gasteiger partial charge on any atom is 0.212 e. The molecule has 0 saturated heterocycles. The molecule has 2 aromatic heterocycles. The van der Waals surface area contributed by atoms with Crippen molar-refractivity contribution in [2.75, 3.05) is 0 Å². The lowest BCUT2D eigenvalue weighted by molar-refractivity contribution is 0.661. The topological polar surface area (TPSA) is 30.2 Å². The van der Waals surface area contributed by atoms with Crippen molar-refractivity contribution in [1.82, 2.24) is 14.6 Å². The predicted octanol–water partition coefficient (Wildman–Crippen LogP) is 3.99. The Balaban J connectivity index is 1.86. The number of thiazole rings is 1. The zero-order valence-corrected chi connectivity index (χ0v) is 11.8. The smallest absolute Gasteiger partial charge is 0.207 e. The van der Waals surface area contributed by atoms with Gasteiger partial charge in [0.1, 0.15) is 0 Å². The molecule has 1 aromatic carbocycles. The lowest BCUT2D eigenvalue weighted by atomic mass is 10.0. The molecular formula is C14H12ClN3S. The molecule has 2 heterocycles. The minimum Gasteiger partial charge on any atom is -0.207 e. The number of rotatable bonds is 1. The Morgan fingerprint density at radius 1 is 1.21 bits per heavy atom. The minimum absolute atomic E-state index is 0.720. The summed E-state index contributed by atoms with van der Waals surface area (Å²) in [4.78, 5) is 7.10. The van der Waals surface area contributed by atoms with Gasteiger partial charge in [-0.2, -0.15) is 4.98 Å². The normalized spacial score (nSPS) is 14.8. The predicted molar refractivity (Wildman–Crippen MR) is 78.0 cm³/mol. The van der Waals surface area contributed by atoms with Gasteiger partial charge in [0.25, 0.3) is 0 Å². The molecule has 0 radical (unpaired) electrons. The molecular weight excluding hydrogens is 278 g/mol. The van der Waals surface area contributed by atoms with Crippen LogP contribution in [0.25, 0.3) is 16.3 Å². The number of aromatic nitrogens is 3. The molecule has 3 aromatic rings. The van der Waals surface area contributed by atoms with E-state index in [2.05, 4.69) is 10.1 Å². The number of fused-ring (bicyclic) bond motifs is 3. The van der Waals surface area contributed by atoms with Gasteiger partial charge in [-0.1, -0.05) is 35.1 Å². The van der Waals surface area contributed by atoms with Crippen molar-refractivity contribution in [2.24, 2.45) is 0 Å². The highest BCUT2D eigenvalue weighted by atomic mass is 35.5. The van der Waals surface area contributed by atoms with Gasteiger partial charge in [0.05, 0.1) is 5.69 Å². The summed E-state index contributed by atoms with van der Waals surface area (Å²) in [6.45, 7) is 0. The fourth-order valence-corrected chi connectivity index (χ4v) is 3.93. The van der Waals surface area contributed by atoms with Crippen molar-refractivity contribution in [1.29, 1.82) is 0 Å². The summed E-state index contributed by atoms with van der Waals surface area (Å²) in [5.41, 5.74) is 2.33. The molecule has 1 aliphatic rings. The Morgan fingerprint density at radius 2 is 2.11 bits per heavy atom. The van der Waals surface area contributed by atoms with Crippen LogP contribution in [-0.4, -0.2) is 14.6 Å². The van der Waals surface area contributed by atoms with E-state index in [0.29, 0.717) is 0 Å². The first-order valence-corrected chi connectivity index (χ1v) is 7.64. The summed E-state index contributed by atoms with van der Waals surface area (Å²) in [5.74, 6) is 0.766. The summed E-state index contributed by atoms with van der Waals surface area (Å²) in [7, 11) is 0. The third kappa shape index (κ3) is 1.86. The SMILES string of the molecule is Clc1cccc(-c2nc3sc4c(n3n2)CCCC4)c1. The van der Waals surface area contributed by atoms with Crippen LogP contribution in [0.1, 0.15) is 23.4 Å². The number of nitrogens with zero attached hydrogens (tertiary/aromatic N) is 3. The average Bonchev–Trinajstić information content (AvgIpc) is 2.96. The minimum atomic E-state index is 0.720. The summed E-state index contributed by atoms with van der Waals surface area (Å²) in [6.07, 6.45) is 4.84. The fourth-order valence-electron chi connectivity index (χ4n) is 2.60. The van der Waals surface area contributed by atoms with Crippen molar-refractivity contribution < 1.29 is 0 Å². The van der Waals surface area contributed by atoms with Crippen LogP contribution < -0.4 is 0 Å². The van der Waals surface area contributed by atoms with Crippen LogP contribution in [0.4, 0.5) is 0 Å². The van der Waals surface area contributed by atoms with Crippen LogP contribution in [0.2, 0.25) is 5.02 Å². The molecule has 0 aliphatic heterocycles. The van der Waals surface area contributed by atoms with E-state index < -0.39 is 0 Å².